The third-order valence-corrected chi connectivity index (χ3v) is 4.38. The quantitative estimate of drug-likeness (QED) is 0.502. The average molecular weight is 341 g/mol. The van der Waals surface area contributed by atoms with Crippen LogP contribution in [0.2, 0.25) is 0 Å². The van der Waals surface area contributed by atoms with E-state index in [0.717, 1.165) is 35.2 Å². The van der Waals surface area contributed by atoms with Crippen LogP contribution in [0, 0.1) is 0 Å². The van der Waals surface area contributed by atoms with Gasteiger partial charge >= 0.3 is 0 Å². The van der Waals surface area contributed by atoms with Crippen molar-refractivity contribution in [2.75, 3.05) is 0 Å². The van der Waals surface area contributed by atoms with Crippen molar-refractivity contribution in [3.63, 3.8) is 0 Å². The lowest BCUT2D eigenvalue weighted by Crippen LogP contribution is -2.04. The van der Waals surface area contributed by atoms with Crippen molar-refractivity contribution < 1.29 is 0 Å². The molecule has 4 aromatic heterocycles. The number of aryl methyl sites for hydroxylation is 2. The van der Waals surface area contributed by atoms with Gasteiger partial charge in [0.2, 0.25) is 5.95 Å². The summed E-state index contributed by atoms with van der Waals surface area (Å²) in [5.41, 5.74) is 4.68. The molecule has 126 valence electrons. The summed E-state index contributed by atoms with van der Waals surface area (Å²) in [6.07, 6.45) is 9.86. The van der Waals surface area contributed by atoms with E-state index >= 15 is 0 Å². The van der Waals surface area contributed by atoms with E-state index in [1.165, 1.54) is 5.56 Å². The van der Waals surface area contributed by atoms with E-state index in [0.29, 0.717) is 5.95 Å². The third-order valence-electron chi connectivity index (χ3n) is 4.38. The smallest absolute Gasteiger partial charge is 0.237 e. The Morgan fingerprint density at radius 1 is 0.846 bits per heavy atom. The Hall–Kier alpha value is -3.61. The van der Waals surface area contributed by atoms with Crippen LogP contribution in [0.15, 0.2) is 67.6 Å². The minimum Gasteiger partial charge on any atom is -0.315 e. The molecule has 5 rings (SSSR count). The molecule has 5 aromatic rings. The summed E-state index contributed by atoms with van der Waals surface area (Å²) in [6, 6.07) is 12.0. The highest BCUT2D eigenvalue weighted by Crippen LogP contribution is 2.17. The third kappa shape index (κ3) is 2.50. The minimum absolute atomic E-state index is 0.592. The fourth-order valence-electron chi connectivity index (χ4n) is 3.04. The van der Waals surface area contributed by atoms with Gasteiger partial charge in [0.1, 0.15) is 11.8 Å². The van der Waals surface area contributed by atoms with Crippen molar-refractivity contribution in [2.24, 2.45) is 0 Å². The number of rotatable bonds is 4. The highest BCUT2D eigenvalue weighted by molar-refractivity contribution is 5.77. The second-order valence-electron chi connectivity index (χ2n) is 6.03. The first kappa shape index (κ1) is 14.7. The summed E-state index contributed by atoms with van der Waals surface area (Å²) >= 11 is 0. The number of nitrogens with zero attached hydrogens (tertiary/aromatic N) is 7. The molecule has 0 radical (unpaired) electrons. The van der Waals surface area contributed by atoms with E-state index in [2.05, 4.69) is 26.0 Å². The lowest BCUT2D eigenvalue weighted by molar-refractivity contribution is 0.706. The normalized spacial score (nSPS) is 11.4. The minimum atomic E-state index is 0.592. The van der Waals surface area contributed by atoms with Gasteiger partial charge in [-0.05, 0) is 30.2 Å². The van der Waals surface area contributed by atoms with E-state index in [1.807, 2.05) is 52.0 Å². The molecular weight excluding hydrogens is 326 g/mol. The molecule has 0 aliphatic carbocycles. The monoisotopic (exact) mass is 341 g/mol. The van der Waals surface area contributed by atoms with Gasteiger partial charge in [0.25, 0.3) is 0 Å². The standard InChI is InChI=1S/C19H15N7/c1-2-6-17-15(5-1)23-13-26(17)19-21-11-16-18(24-19)25(12-22-16)9-7-14-4-3-8-20-10-14/h1-6,8,10-13H,7,9H2. The van der Waals surface area contributed by atoms with E-state index in [4.69, 9.17) is 4.98 Å². The molecule has 0 atom stereocenters. The van der Waals surface area contributed by atoms with Crippen LogP contribution in [0.5, 0.6) is 0 Å². The first-order chi connectivity index (χ1) is 12.9. The largest absolute Gasteiger partial charge is 0.315 e. The fourth-order valence-corrected chi connectivity index (χ4v) is 3.04. The molecule has 0 aliphatic rings. The zero-order chi connectivity index (χ0) is 17.3. The topological polar surface area (TPSA) is 74.3 Å². The average Bonchev–Trinajstić information content (AvgIpc) is 3.31. The van der Waals surface area contributed by atoms with Gasteiger partial charge in [-0.3, -0.25) is 9.55 Å². The molecule has 7 heteroatoms. The van der Waals surface area contributed by atoms with Crippen LogP contribution in [0.3, 0.4) is 0 Å². The predicted octanol–water partition coefficient (Wildman–Crippen LogP) is 2.80. The van der Waals surface area contributed by atoms with Crippen LogP contribution in [-0.2, 0) is 13.0 Å². The Morgan fingerprint density at radius 3 is 2.69 bits per heavy atom. The summed E-state index contributed by atoms with van der Waals surface area (Å²) in [4.78, 5) is 22.2. The molecule has 0 amide bonds. The van der Waals surface area contributed by atoms with Crippen molar-refractivity contribution in [1.82, 2.24) is 34.1 Å². The maximum Gasteiger partial charge on any atom is 0.237 e. The molecule has 0 saturated carbocycles. The number of benzene rings is 1. The number of aromatic nitrogens is 7. The van der Waals surface area contributed by atoms with Crippen LogP contribution >= 0.6 is 0 Å². The maximum absolute atomic E-state index is 4.74. The molecule has 0 unspecified atom stereocenters. The molecule has 4 heterocycles. The van der Waals surface area contributed by atoms with Crippen LogP contribution in [0.1, 0.15) is 5.56 Å². The first-order valence-electron chi connectivity index (χ1n) is 8.38. The lowest BCUT2D eigenvalue weighted by Gasteiger charge is -2.06. The molecule has 7 nitrogen and oxygen atoms in total. The summed E-state index contributed by atoms with van der Waals surface area (Å²) in [6.45, 7) is 0.781. The summed E-state index contributed by atoms with van der Waals surface area (Å²) in [5, 5.41) is 0. The van der Waals surface area contributed by atoms with Crippen molar-refractivity contribution in [3.05, 3.63) is 73.2 Å². The predicted molar refractivity (Wildman–Crippen MR) is 97.9 cm³/mol. The molecule has 0 N–H and O–H groups in total. The van der Waals surface area contributed by atoms with Gasteiger partial charge in [-0.15, -0.1) is 0 Å². The van der Waals surface area contributed by atoms with E-state index < -0.39 is 0 Å². The second-order valence-corrected chi connectivity index (χ2v) is 6.03. The molecule has 0 saturated heterocycles. The van der Waals surface area contributed by atoms with Crippen LogP contribution in [0.25, 0.3) is 28.1 Å². The molecule has 26 heavy (non-hydrogen) atoms. The Kier molecular flexibility index (Phi) is 3.41. The zero-order valence-corrected chi connectivity index (χ0v) is 13.9. The van der Waals surface area contributed by atoms with Gasteiger partial charge in [-0.25, -0.2) is 15.0 Å². The van der Waals surface area contributed by atoms with Gasteiger partial charge in [-0.2, -0.15) is 4.98 Å². The molecule has 1 aromatic carbocycles. The second kappa shape index (κ2) is 6.03. The van der Waals surface area contributed by atoms with Crippen molar-refractivity contribution >= 4 is 22.2 Å². The van der Waals surface area contributed by atoms with Gasteiger partial charge in [-0.1, -0.05) is 18.2 Å². The highest BCUT2D eigenvalue weighted by atomic mass is 15.2. The fraction of sp³-hybridized carbons (Fsp3) is 0.105. The van der Waals surface area contributed by atoms with E-state index in [-0.39, 0.29) is 0 Å². The van der Waals surface area contributed by atoms with Crippen molar-refractivity contribution in [1.29, 1.82) is 0 Å². The molecule has 0 bridgehead atoms. The number of imidazole rings is 2. The van der Waals surface area contributed by atoms with Gasteiger partial charge < -0.3 is 4.57 Å². The van der Waals surface area contributed by atoms with E-state index in [1.54, 1.807) is 18.7 Å². The van der Waals surface area contributed by atoms with Crippen molar-refractivity contribution in [3.8, 4) is 5.95 Å². The highest BCUT2D eigenvalue weighted by Gasteiger charge is 2.10. The molecule has 0 aliphatic heterocycles. The SMILES string of the molecule is c1cncc(CCn2cnc3cnc(-n4cnc5ccccc54)nc32)c1. The Balaban J connectivity index is 1.53. The van der Waals surface area contributed by atoms with Crippen LogP contribution in [-0.4, -0.2) is 34.1 Å². The Bertz CT molecular complexity index is 1190. The van der Waals surface area contributed by atoms with Gasteiger partial charge in [0, 0.05) is 18.9 Å². The summed E-state index contributed by atoms with van der Waals surface area (Å²) in [7, 11) is 0. The van der Waals surface area contributed by atoms with E-state index in [9.17, 15) is 0 Å². The molecule has 0 fully saturated rings. The van der Waals surface area contributed by atoms with Gasteiger partial charge in [0.05, 0.1) is 23.6 Å². The first-order valence-corrected chi connectivity index (χ1v) is 8.38. The number of fused-ring (bicyclic) bond motifs is 2. The van der Waals surface area contributed by atoms with Crippen LogP contribution in [0.4, 0.5) is 0 Å². The Morgan fingerprint density at radius 2 is 1.77 bits per heavy atom. The lowest BCUT2D eigenvalue weighted by atomic mass is 10.2. The number of pyridine rings is 1. The van der Waals surface area contributed by atoms with Crippen LogP contribution < -0.4 is 0 Å². The molecular formula is C19H15N7. The molecule has 0 spiro atoms. The number of hydrogen-bond donors (Lipinski definition) is 0. The van der Waals surface area contributed by atoms with Gasteiger partial charge in [0.15, 0.2) is 5.65 Å². The maximum atomic E-state index is 4.74. The number of hydrogen-bond acceptors (Lipinski definition) is 5. The summed E-state index contributed by atoms with van der Waals surface area (Å²) < 4.78 is 3.94. The number of para-hydroxylation sites is 2. The van der Waals surface area contributed by atoms with Crippen molar-refractivity contribution in [2.45, 2.75) is 13.0 Å². The summed E-state index contributed by atoms with van der Waals surface area (Å²) in [5.74, 6) is 0.592. The Labute approximate surface area is 149 Å². The zero-order valence-electron chi connectivity index (χ0n) is 13.9.